The van der Waals surface area contributed by atoms with Crippen molar-refractivity contribution in [1.82, 2.24) is 4.90 Å². The van der Waals surface area contributed by atoms with Gasteiger partial charge in [-0.1, -0.05) is 19.1 Å². The number of rotatable bonds is 9. The van der Waals surface area contributed by atoms with Gasteiger partial charge in [0.1, 0.15) is 17.6 Å². The Kier molecular flexibility index (Phi) is 6.96. The van der Waals surface area contributed by atoms with Gasteiger partial charge in [-0.05, 0) is 67.4 Å². The van der Waals surface area contributed by atoms with Gasteiger partial charge in [-0.3, -0.25) is 9.59 Å². The van der Waals surface area contributed by atoms with Crippen LogP contribution in [-0.2, 0) is 16.1 Å². The SMILES string of the molecule is CCCOc1ccc(NC(=O)CC2C(=O)N(c3cccc(C)c3)C(=O)N2Cc2ccco2)cc1. The number of benzene rings is 2. The van der Waals surface area contributed by atoms with Crippen LogP contribution in [0.1, 0.15) is 31.1 Å². The maximum atomic E-state index is 13.3. The van der Waals surface area contributed by atoms with Crippen molar-refractivity contribution in [2.75, 3.05) is 16.8 Å². The summed E-state index contributed by atoms with van der Waals surface area (Å²) >= 11 is 0. The molecule has 1 aromatic heterocycles. The average molecular weight is 462 g/mol. The topological polar surface area (TPSA) is 92.1 Å². The van der Waals surface area contributed by atoms with Crippen molar-refractivity contribution >= 4 is 29.2 Å². The number of furan rings is 1. The molecule has 0 radical (unpaired) electrons. The molecule has 4 rings (SSSR count). The number of carbonyl (C=O) groups excluding carboxylic acids is 3. The molecule has 4 amide bonds. The van der Waals surface area contributed by atoms with Gasteiger partial charge in [-0.15, -0.1) is 0 Å². The first kappa shape index (κ1) is 23.1. The zero-order chi connectivity index (χ0) is 24.1. The molecule has 0 spiro atoms. The third kappa shape index (κ3) is 5.11. The number of urea groups is 1. The lowest BCUT2D eigenvalue weighted by molar-refractivity contribution is -0.124. The maximum Gasteiger partial charge on any atom is 0.332 e. The van der Waals surface area contributed by atoms with Crippen LogP contribution >= 0.6 is 0 Å². The van der Waals surface area contributed by atoms with E-state index < -0.39 is 18.0 Å². The van der Waals surface area contributed by atoms with E-state index in [1.807, 2.05) is 19.9 Å². The van der Waals surface area contributed by atoms with Crippen molar-refractivity contribution in [3.05, 3.63) is 78.3 Å². The van der Waals surface area contributed by atoms with E-state index in [0.29, 0.717) is 23.7 Å². The quantitative estimate of drug-likeness (QED) is 0.465. The zero-order valence-corrected chi connectivity index (χ0v) is 19.2. The van der Waals surface area contributed by atoms with E-state index in [-0.39, 0.29) is 18.9 Å². The summed E-state index contributed by atoms with van der Waals surface area (Å²) in [6, 6.07) is 16.2. The number of ether oxygens (including phenoxy) is 1. The minimum Gasteiger partial charge on any atom is -0.494 e. The summed E-state index contributed by atoms with van der Waals surface area (Å²) in [5.41, 5.74) is 1.98. The van der Waals surface area contributed by atoms with Gasteiger partial charge in [-0.2, -0.15) is 0 Å². The first-order valence-electron chi connectivity index (χ1n) is 11.2. The van der Waals surface area contributed by atoms with E-state index in [9.17, 15) is 14.4 Å². The molecule has 34 heavy (non-hydrogen) atoms. The monoisotopic (exact) mass is 461 g/mol. The van der Waals surface area contributed by atoms with Crippen molar-refractivity contribution < 1.29 is 23.5 Å². The Balaban J connectivity index is 1.51. The van der Waals surface area contributed by atoms with Crippen molar-refractivity contribution in [2.45, 2.75) is 39.3 Å². The molecule has 3 aromatic rings. The van der Waals surface area contributed by atoms with Crippen LogP contribution in [0, 0.1) is 6.92 Å². The van der Waals surface area contributed by atoms with Gasteiger partial charge in [0, 0.05) is 5.69 Å². The minimum absolute atomic E-state index is 0.0846. The van der Waals surface area contributed by atoms with Crippen LogP contribution in [0.3, 0.4) is 0 Å². The summed E-state index contributed by atoms with van der Waals surface area (Å²) in [6.45, 7) is 4.62. The fourth-order valence-electron chi connectivity index (χ4n) is 3.83. The largest absolute Gasteiger partial charge is 0.494 e. The number of nitrogens with one attached hydrogen (secondary N) is 1. The average Bonchev–Trinajstić information content (AvgIpc) is 3.41. The summed E-state index contributed by atoms with van der Waals surface area (Å²) in [7, 11) is 0. The van der Waals surface area contributed by atoms with Crippen molar-refractivity contribution in [3.63, 3.8) is 0 Å². The van der Waals surface area contributed by atoms with Gasteiger partial charge in [-0.25, -0.2) is 9.69 Å². The Morgan fingerprint density at radius 2 is 1.88 bits per heavy atom. The second-order valence-corrected chi connectivity index (χ2v) is 8.14. The first-order chi connectivity index (χ1) is 16.5. The molecule has 0 saturated carbocycles. The predicted molar refractivity (Wildman–Crippen MR) is 128 cm³/mol. The zero-order valence-electron chi connectivity index (χ0n) is 19.2. The second kappa shape index (κ2) is 10.2. The Morgan fingerprint density at radius 1 is 1.09 bits per heavy atom. The van der Waals surface area contributed by atoms with E-state index >= 15 is 0 Å². The van der Waals surface area contributed by atoms with Gasteiger partial charge in [0.2, 0.25) is 5.91 Å². The van der Waals surface area contributed by atoms with Gasteiger partial charge in [0.05, 0.1) is 31.5 Å². The van der Waals surface area contributed by atoms with Crippen LogP contribution in [0.15, 0.2) is 71.3 Å². The Hall–Kier alpha value is -4.07. The predicted octanol–water partition coefficient (Wildman–Crippen LogP) is 4.74. The Labute approximate surface area is 198 Å². The van der Waals surface area contributed by atoms with E-state index in [4.69, 9.17) is 9.15 Å². The second-order valence-electron chi connectivity index (χ2n) is 8.14. The third-order valence-electron chi connectivity index (χ3n) is 5.47. The lowest BCUT2D eigenvalue weighted by Crippen LogP contribution is -2.37. The molecule has 1 unspecified atom stereocenters. The lowest BCUT2D eigenvalue weighted by atomic mass is 10.1. The molecule has 8 nitrogen and oxygen atoms in total. The van der Waals surface area contributed by atoms with Crippen molar-refractivity contribution in [1.29, 1.82) is 0 Å². The van der Waals surface area contributed by atoms with E-state index in [0.717, 1.165) is 22.6 Å². The number of hydrogen-bond donors (Lipinski definition) is 1. The standard InChI is InChI=1S/C26H27N3O5/c1-3-13-33-21-11-9-19(10-12-21)27-24(30)16-23-25(31)29(20-7-4-6-18(2)15-20)26(32)28(23)17-22-8-5-14-34-22/h4-12,14-15,23H,3,13,16-17H2,1-2H3,(H,27,30). The molecule has 0 aliphatic carbocycles. The third-order valence-corrected chi connectivity index (χ3v) is 5.47. The molecule has 1 aliphatic heterocycles. The summed E-state index contributed by atoms with van der Waals surface area (Å²) in [5.74, 6) is 0.430. The van der Waals surface area contributed by atoms with Crippen LogP contribution in [0.4, 0.5) is 16.2 Å². The fraction of sp³-hybridized carbons (Fsp3) is 0.269. The van der Waals surface area contributed by atoms with Gasteiger partial charge in [0.15, 0.2) is 0 Å². The van der Waals surface area contributed by atoms with Crippen LogP contribution in [0.5, 0.6) is 5.75 Å². The van der Waals surface area contributed by atoms with Crippen molar-refractivity contribution in [3.8, 4) is 5.75 Å². The number of imide groups is 1. The molecule has 1 N–H and O–H groups in total. The molecule has 1 atom stereocenters. The molecule has 2 heterocycles. The summed E-state index contributed by atoms with van der Waals surface area (Å²) < 4.78 is 10.9. The molecule has 0 bridgehead atoms. The molecule has 8 heteroatoms. The van der Waals surface area contributed by atoms with Gasteiger partial charge >= 0.3 is 6.03 Å². The molecule has 1 fully saturated rings. The van der Waals surface area contributed by atoms with Gasteiger partial charge in [0.25, 0.3) is 5.91 Å². The lowest BCUT2D eigenvalue weighted by Gasteiger charge is -2.20. The Bertz CT molecular complexity index is 1160. The van der Waals surface area contributed by atoms with Crippen molar-refractivity contribution in [2.24, 2.45) is 0 Å². The molecular formula is C26H27N3O5. The van der Waals surface area contributed by atoms with Crippen LogP contribution in [0.2, 0.25) is 0 Å². The minimum atomic E-state index is -0.953. The van der Waals surface area contributed by atoms with Crippen LogP contribution in [-0.4, -0.2) is 35.4 Å². The summed E-state index contributed by atoms with van der Waals surface area (Å²) in [5, 5.41) is 2.80. The number of hydrogen-bond acceptors (Lipinski definition) is 5. The van der Waals surface area contributed by atoms with Crippen LogP contribution < -0.4 is 15.0 Å². The summed E-state index contributed by atoms with van der Waals surface area (Å²) in [4.78, 5) is 42.0. The summed E-state index contributed by atoms with van der Waals surface area (Å²) in [6.07, 6.45) is 2.23. The number of carbonyl (C=O) groups is 3. The number of anilines is 2. The molecular weight excluding hydrogens is 434 g/mol. The smallest absolute Gasteiger partial charge is 0.332 e. The maximum absolute atomic E-state index is 13.3. The highest BCUT2D eigenvalue weighted by molar-refractivity contribution is 6.22. The number of aryl methyl sites for hydroxylation is 1. The highest BCUT2D eigenvalue weighted by Crippen LogP contribution is 2.29. The molecule has 176 valence electrons. The molecule has 1 aliphatic rings. The number of amides is 4. The highest BCUT2D eigenvalue weighted by Gasteiger charge is 2.47. The number of nitrogens with zero attached hydrogens (tertiary/aromatic N) is 2. The molecule has 1 saturated heterocycles. The Morgan fingerprint density at radius 3 is 2.56 bits per heavy atom. The van der Waals surface area contributed by atoms with E-state index in [1.165, 1.54) is 11.2 Å². The first-order valence-corrected chi connectivity index (χ1v) is 11.2. The fourth-order valence-corrected chi connectivity index (χ4v) is 3.83. The highest BCUT2D eigenvalue weighted by atomic mass is 16.5. The van der Waals surface area contributed by atoms with Gasteiger partial charge < -0.3 is 19.4 Å². The van der Waals surface area contributed by atoms with Crippen LogP contribution in [0.25, 0.3) is 0 Å². The normalized spacial score (nSPS) is 15.6. The van der Waals surface area contributed by atoms with E-state index in [1.54, 1.807) is 54.6 Å². The molecule has 2 aromatic carbocycles. The van der Waals surface area contributed by atoms with E-state index in [2.05, 4.69) is 5.32 Å².